The average Bonchev–Trinajstić information content (AvgIpc) is 3.46. The van der Waals surface area contributed by atoms with E-state index in [1.807, 2.05) is 0 Å². The maximum atomic E-state index is 3.69. The Morgan fingerprint density at radius 2 is 0.804 bits per heavy atom. The van der Waals surface area contributed by atoms with E-state index in [1.165, 1.54) is 71.3 Å². The largest absolute Gasteiger partial charge is 0.356 e. The van der Waals surface area contributed by atoms with Crippen LogP contribution in [0.15, 0.2) is 176 Å². The molecule has 0 aliphatic heterocycles. The third kappa shape index (κ3) is 4.27. The summed E-state index contributed by atoms with van der Waals surface area (Å²) >= 11 is 0. The molecule has 9 aromatic rings. The fourth-order valence-electron chi connectivity index (χ4n) is 7.14. The molecule has 1 aromatic heterocycles. The molecular formula is C44H30N2. The van der Waals surface area contributed by atoms with Gasteiger partial charge in [0, 0.05) is 27.8 Å². The lowest BCUT2D eigenvalue weighted by Gasteiger charge is -2.19. The molecule has 0 saturated heterocycles. The molecule has 0 radical (unpaired) electrons. The summed E-state index contributed by atoms with van der Waals surface area (Å²) in [5.74, 6) is 0. The summed E-state index contributed by atoms with van der Waals surface area (Å²) in [6, 6.07) is 63.2. The topological polar surface area (TPSA) is 17.0 Å². The number of hydrogen-bond donors (Lipinski definition) is 1. The van der Waals surface area contributed by atoms with Crippen molar-refractivity contribution < 1.29 is 0 Å². The highest BCUT2D eigenvalue weighted by Gasteiger charge is 2.17. The lowest BCUT2D eigenvalue weighted by molar-refractivity contribution is 1.18. The SMILES string of the molecule is c1ccc(-c2c(-c3ccc(Nc4ccc5c(c4)c4ccccc4n5-c4ccccc4)cc3)c3ccccc3c3ccccc23)cc1. The minimum absolute atomic E-state index is 1.06. The number of nitrogens with zero attached hydrogens (tertiary/aromatic N) is 1. The lowest BCUT2D eigenvalue weighted by Crippen LogP contribution is -1.94. The van der Waals surface area contributed by atoms with Gasteiger partial charge in [0.1, 0.15) is 0 Å². The van der Waals surface area contributed by atoms with E-state index in [2.05, 4.69) is 186 Å². The van der Waals surface area contributed by atoms with E-state index in [9.17, 15) is 0 Å². The monoisotopic (exact) mass is 586 g/mol. The van der Waals surface area contributed by atoms with Crippen LogP contribution in [0.2, 0.25) is 0 Å². The van der Waals surface area contributed by atoms with Crippen LogP contribution < -0.4 is 5.32 Å². The van der Waals surface area contributed by atoms with E-state index in [1.54, 1.807) is 0 Å². The summed E-state index contributed by atoms with van der Waals surface area (Å²) in [4.78, 5) is 0. The number of benzene rings is 8. The molecule has 0 bridgehead atoms. The third-order valence-electron chi connectivity index (χ3n) is 9.14. The lowest BCUT2D eigenvalue weighted by atomic mass is 9.85. The number of hydrogen-bond acceptors (Lipinski definition) is 1. The maximum absolute atomic E-state index is 3.69. The van der Waals surface area contributed by atoms with E-state index in [0.717, 1.165) is 11.4 Å². The molecule has 1 heterocycles. The fraction of sp³-hybridized carbons (Fsp3) is 0. The van der Waals surface area contributed by atoms with Crippen molar-refractivity contribution in [1.82, 2.24) is 4.57 Å². The third-order valence-corrected chi connectivity index (χ3v) is 9.14. The molecule has 2 heteroatoms. The molecule has 8 aromatic carbocycles. The van der Waals surface area contributed by atoms with Crippen molar-refractivity contribution >= 4 is 54.7 Å². The number of rotatable bonds is 5. The number of nitrogens with one attached hydrogen (secondary N) is 1. The number of aromatic nitrogens is 1. The van der Waals surface area contributed by atoms with Crippen molar-refractivity contribution in [2.75, 3.05) is 5.32 Å². The zero-order chi connectivity index (χ0) is 30.5. The van der Waals surface area contributed by atoms with Crippen LogP contribution in [0.4, 0.5) is 11.4 Å². The second-order valence-electron chi connectivity index (χ2n) is 11.8. The van der Waals surface area contributed by atoms with Crippen LogP contribution in [0.1, 0.15) is 0 Å². The Balaban J connectivity index is 1.15. The first-order chi connectivity index (χ1) is 22.8. The van der Waals surface area contributed by atoms with Crippen molar-refractivity contribution in [3.8, 4) is 27.9 Å². The Bertz CT molecular complexity index is 2530. The van der Waals surface area contributed by atoms with E-state index in [0.29, 0.717) is 0 Å². The zero-order valence-electron chi connectivity index (χ0n) is 25.2. The quantitative estimate of drug-likeness (QED) is 0.199. The van der Waals surface area contributed by atoms with E-state index in [-0.39, 0.29) is 0 Å². The van der Waals surface area contributed by atoms with Crippen molar-refractivity contribution in [3.05, 3.63) is 176 Å². The first kappa shape index (κ1) is 26.3. The smallest absolute Gasteiger partial charge is 0.0542 e. The van der Waals surface area contributed by atoms with Crippen LogP contribution >= 0.6 is 0 Å². The van der Waals surface area contributed by atoms with Gasteiger partial charge in [-0.15, -0.1) is 0 Å². The molecule has 0 amide bonds. The summed E-state index contributed by atoms with van der Waals surface area (Å²) in [5, 5.41) is 11.3. The van der Waals surface area contributed by atoms with Gasteiger partial charge in [-0.2, -0.15) is 0 Å². The van der Waals surface area contributed by atoms with Gasteiger partial charge in [-0.25, -0.2) is 0 Å². The minimum atomic E-state index is 1.06. The van der Waals surface area contributed by atoms with E-state index >= 15 is 0 Å². The Morgan fingerprint density at radius 1 is 0.326 bits per heavy atom. The highest BCUT2D eigenvalue weighted by atomic mass is 15.0. The zero-order valence-corrected chi connectivity index (χ0v) is 25.2. The molecule has 2 nitrogen and oxygen atoms in total. The van der Waals surface area contributed by atoms with Crippen LogP contribution in [0.25, 0.3) is 71.3 Å². The Kier molecular flexibility index (Phi) is 6.17. The van der Waals surface area contributed by atoms with Gasteiger partial charge in [-0.1, -0.05) is 127 Å². The molecule has 0 atom stereocenters. The van der Waals surface area contributed by atoms with Crippen molar-refractivity contribution in [2.45, 2.75) is 0 Å². The van der Waals surface area contributed by atoms with Gasteiger partial charge in [0.2, 0.25) is 0 Å². The fourth-order valence-corrected chi connectivity index (χ4v) is 7.14. The van der Waals surface area contributed by atoms with Crippen LogP contribution in [0.3, 0.4) is 0 Å². The summed E-state index contributed by atoms with van der Waals surface area (Å²) in [5.41, 5.74) is 10.7. The van der Waals surface area contributed by atoms with Gasteiger partial charge >= 0.3 is 0 Å². The van der Waals surface area contributed by atoms with Gasteiger partial charge in [0.15, 0.2) is 0 Å². The minimum Gasteiger partial charge on any atom is -0.356 e. The first-order valence-electron chi connectivity index (χ1n) is 15.8. The highest BCUT2D eigenvalue weighted by molar-refractivity contribution is 6.21. The van der Waals surface area contributed by atoms with Crippen LogP contribution in [-0.2, 0) is 0 Å². The summed E-state index contributed by atoms with van der Waals surface area (Å²) in [6.07, 6.45) is 0. The second kappa shape index (κ2) is 10.8. The molecular weight excluding hydrogens is 556 g/mol. The molecule has 0 saturated carbocycles. The average molecular weight is 587 g/mol. The van der Waals surface area contributed by atoms with E-state index in [4.69, 9.17) is 0 Å². The second-order valence-corrected chi connectivity index (χ2v) is 11.8. The molecule has 216 valence electrons. The number of anilines is 2. The van der Waals surface area contributed by atoms with Gasteiger partial charge in [0.05, 0.1) is 11.0 Å². The summed E-state index contributed by atoms with van der Waals surface area (Å²) in [6.45, 7) is 0. The van der Waals surface area contributed by atoms with Crippen molar-refractivity contribution in [1.29, 1.82) is 0 Å². The molecule has 9 rings (SSSR count). The number of fused-ring (bicyclic) bond motifs is 6. The summed E-state index contributed by atoms with van der Waals surface area (Å²) < 4.78 is 2.35. The maximum Gasteiger partial charge on any atom is 0.0542 e. The van der Waals surface area contributed by atoms with E-state index < -0.39 is 0 Å². The predicted molar refractivity (Wildman–Crippen MR) is 196 cm³/mol. The van der Waals surface area contributed by atoms with Gasteiger partial charge in [-0.3, -0.25) is 0 Å². The van der Waals surface area contributed by atoms with Crippen molar-refractivity contribution in [2.24, 2.45) is 0 Å². The standard InChI is InChI=1S/C44H30N2/c1-3-13-30(14-4-1)43-38-20-9-7-17-35(38)36-18-8-10-21-39(36)44(43)31-23-25-32(26-24-31)45-33-27-28-42-40(29-33)37-19-11-12-22-41(37)46(42)34-15-5-2-6-16-34/h1-29,45H. The van der Waals surface area contributed by atoms with Crippen LogP contribution in [0.5, 0.6) is 0 Å². The Hall–Kier alpha value is -6.12. The van der Waals surface area contributed by atoms with Crippen LogP contribution in [-0.4, -0.2) is 4.57 Å². The Labute approximate surface area is 267 Å². The predicted octanol–water partition coefficient (Wildman–Crippen LogP) is 12.2. The molecule has 0 spiro atoms. The normalized spacial score (nSPS) is 11.5. The first-order valence-corrected chi connectivity index (χ1v) is 15.8. The molecule has 0 unspecified atom stereocenters. The van der Waals surface area contributed by atoms with Gasteiger partial charge < -0.3 is 9.88 Å². The molecule has 0 aliphatic carbocycles. The summed E-state index contributed by atoms with van der Waals surface area (Å²) in [7, 11) is 0. The van der Waals surface area contributed by atoms with Gasteiger partial charge in [0.25, 0.3) is 0 Å². The molecule has 0 aliphatic rings. The molecule has 46 heavy (non-hydrogen) atoms. The highest BCUT2D eigenvalue weighted by Crippen LogP contribution is 2.44. The molecule has 1 N–H and O–H groups in total. The van der Waals surface area contributed by atoms with Crippen LogP contribution in [0, 0.1) is 0 Å². The molecule has 0 fully saturated rings. The van der Waals surface area contributed by atoms with Crippen molar-refractivity contribution in [3.63, 3.8) is 0 Å². The van der Waals surface area contributed by atoms with Gasteiger partial charge in [-0.05, 0) is 92.3 Å². The number of para-hydroxylation sites is 2. The Morgan fingerprint density at radius 3 is 1.46 bits per heavy atom.